The van der Waals surface area contributed by atoms with Gasteiger partial charge < -0.3 is 20.0 Å². The Morgan fingerprint density at radius 1 is 1.10 bits per heavy atom. The Labute approximate surface area is 179 Å². The van der Waals surface area contributed by atoms with Crippen molar-refractivity contribution in [3.63, 3.8) is 0 Å². The van der Waals surface area contributed by atoms with E-state index in [0.29, 0.717) is 12.4 Å². The van der Waals surface area contributed by atoms with Gasteiger partial charge in [0.25, 0.3) is 0 Å². The zero-order chi connectivity index (χ0) is 21.3. The fourth-order valence-corrected chi connectivity index (χ4v) is 3.53. The van der Waals surface area contributed by atoms with Gasteiger partial charge in [0.05, 0.1) is 17.2 Å². The normalized spacial score (nSPS) is 10.9. The number of para-hydroxylation sites is 1. The Morgan fingerprint density at radius 2 is 1.87 bits per heavy atom. The predicted molar refractivity (Wildman–Crippen MR) is 121 cm³/mol. The van der Waals surface area contributed by atoms with Crippen molar-refractivity contribution in [1.82, 2.24) is 9.88 Å². The summed E-state index contributed by atoms with van der Waals surface area (Å²) in [5.74, 6) is 4.18. The lowest BCUT2D eigenvalue weighted by molar-refractivity contribution is -0.384. The molecule has 2 aromatic heterocycles. The lowest BCUT2D eigenvalue weighted by Crippen LogP contribution is -2.09. The van der Waals surface area contributed by atoms with Crippen LogP contribution in [-0.2, 0) is 12.3 Å². The van der Waals surface area contributed by atoms with Gasteiger partial charge >= 0.3 is 5.69 Å². The molecular formula is C21H25N5O3S. The largest absolute Gasteiger partial charge is 0.464 e. The summed E-state index contributed by atoms with van der Waals surface area (Å²) in [6.07, 6.45) is 0. The molecule has 0 saturated carbocycles. The summed E-state index contributed by atoms with van der Waals surface area (Å²) in [7, 11) is 4.00. The number of nitrogens with one attached hydrogen (secondary N) is 2. The van der Waals surface area contributed by atoms with Gasteiger partial charge in [0, 0.05) is 24.1 Å². The maximum Gasteiger partial charge on any atom is 0.311 e. The van der Waals surface area contributed by atoms with Crippen LogP contribution in [0.4, 0.5) is 23.0 Å². The van der Waals surface area contributed by atoms with Crippen LogP contribution in [-0.4, -0.2) is 41.2 Å². The first-order valence-corrected chi connectivity index (χ1v) is 10.7. The molecule has 30 heavy (non-hydrogen) atoms. The molecule has 0 fully saturated rings. The molecule has 0 aliphatic rings. The summed E-state index contributed by atoms with van der Waals surface area (Å²) in [6.45, 7) is 1.33. The summed E-state index contributed by atoms with van der Waals surface area (Å²) in [6, 6.07) is 16.6. The van der Waals surface area contributed by atoms with Gasteiger partial charge in [-0.05, 0) is 44.4 Å². The number of anilines is 3. The average molecular weight is 428 g/mol. The molecule has 3 rings (SSSR count). The molecule has 0 radical (unpaired) electrons. The minimum Gasteiger partial charge on any atom is -0.464 e. The molecular weight excluding hydrogens is 402 g/mol. The molecule has 158 valence electrons. The number of rotatable bonds is 11. The SMILES string of the molecule is CN(C)Cc1ccc(CSCCNc2nc(Nc3ccccc3)ccc2[N+](=O)[O-])o1. The lowest BCUT2D eigenvalue weighted by atomic mass is 10.3. The third-order valence-electron chi connectivity index (χ3n) is 4.09. The first kappa shape index (κ1) is 21.7. The van der Waals surface area contributed by atoms with Crippen LogP contribution >= 0.6 is 11.8 Å². The standard InChI is InChI=1S/C21H25N5O3S/c1-25(2)14-17-8-9-18(29-17)15-30-13-12-22-21-19(26(27)28)10-11-20(24-21)23-16-6-4-3-5-7-16/h3-11H,12-15H2,1-2H3,(H2,22,23,24). The van der Waals surface area contributed by atoms with Crippen molar-refractivity contribution in [2.45, 2.75) is 12.3 Å². The van der Waals surface area contributed by atoms with Crippen LogP contribution < -0.4 is 10.6 Å². The fourth-order valence-electron chi connectivity index (χ4n) is 2.78. The first-order chi connectivity index (χ1) is 14.5. The highest BCUT2D eigenvalue weighted by molar-refractivity contribution is 7.98. The molecule has 0 bridgehead atoms. The van der Waals surface area contributed by atoms with Crippen molar-refractivity contribution in [3.05, 3.63) is 76.2 Å². The number of furan rings is 1. The highest BCUT2D eigenvalue weighted by Crippen LogP contribution is 2.26. The van der Waals surface area contributed by atoms with Gasteiger partial charge in [-0.25, -0.2) is 4.98 Å². The van der Waals surface area contributed by atoms with E-state index in [1.165, 1.54) is 6.07 Å². The van der Waals surface area contributed by atoms with Crippen LogP contribution in [0.5, 0.6) is 0 Å². The van der Waals surface area contributed by atoms with E-state index in [9.17, 15) is 10.1 Å². The van der Waals surface area contributed by atoms with E-state index in [1.54, 1.807) is 17.8 Å². The summed E-state index contributed by atoms with van der Waals surface area (Å²) in [5, 5.41) is 17.6. The second kappa shape index (κ2) is 10.7. The van der Waals surface area contributed by atoms with E-state index >= 15 is 0 Å². The molecule has 0 aliphatic carbocycles. The molecule has 0 saturated heterocycles. The minimum atomic E-state index is -0.427. The summed E-state index contributed by atoms with van der Waals surface area (Å²) < 4.78 is 5.79. The average Bonchev–Trinajstić information content (AvgIpc) is 3.15. The summed E-state index contributed by atoms with van der Waals surface area (Å²) >= 11 is 1.70. The second-order valence-corrected chi connectivity index (χ2v) is 8.00. The topological polar surface area (TPSA) is 96.5 Å². The van der Waals surface area contributed by atoms with Crippen molar-refractivity contribution >= 4 is 34.8 Å². The maximum atomic E-state index is 11.3. The molecule has 2 heterocycles. The van der Waals surface area contributed by atoms with Gasteiger partial charge in [0.2, 0.25) is 5.82 Å². The molecule has 1 aromatic carbocycles. The number of hydrogen-bond donors (Lipinski definition) is 2. The molecule has 9 heteroatoms. The molecule has 0 spiro atoms. The van der Waals surface area contributed by atoms with Gasteiger partial charge in [0.1, 0.15) is 17.3 Å². The van der Waals surface area contributed by atoms with Crippen LogP contribution in [0, 0.1) is 10.1 Å². The third-order valence-corrected chi connectivity index (χ3v) is 5.07. The Hall–Kier alpha value is -3.04. The second-order valence-electron chi connectivity index (χ2n) is 6.90. The molecule has 2 N–H and O–H groups in total. The third kappa shape index (κ3) is 6.50. The molecule has 0 aliphatic heterocycles. The first-order valence-electron chi connectivity index (χ1n) is 9.52. The minimum absolute atomic E-state index is 0.0435. The van der Waals surface area contributed by atoms with Gasteiger partial charge in [-0.15, -0.1) is 0 Å². The van der Waals surface area contributed by atoms with E-state index in [4.69, 9.17) is 4.42 Å². The zero-order valence-electron chi connectivity index (χ0n) is 17.0. The van der Waals surface area contributed by atoms with E-state index in [1.807, 2.05) is 56.6 Å². The van der Waals surface area contributed by atoms with Crippen LogP contribution in [0.25, 0.3) is 0 Å². The van der Waals surface area contributed by atoms with E-state index in [-0.39, 0.29) is 11.5 Å². The molecule has 0 atom stereocenters. The van der Waals surface area contributed by atoms with Gasteiger partial charge in [-0.3, -0.25) is 10.1 Å². The van der Waals surface area contributed by atoms with Gasteiger partial charge in [0.15, 0.2) is 0 Å². The number of benzene rings is 1. The maximum absolute atomic E-state index is 11.3. The number of pyridine rings is 1. The molecule has 0 unspecified atom stereocenters. The highest BCUT2D eigenvalue weighted by atomic mass is 32.2. The van der Waals surface area contributed by atoms with Crippen LogP contribution in [0.15, 0.2) is 59.0 Å². The number of nitro groups is 1. The van der Waals surface area contributed by atoms with E-state index < -0.39 is 4.92 Å². The van der Waals surface area contributed by atoms with Crippen molar-refractivity contribution in [2.75, 3.05) is 37.0 Å². The Kier molecular flexibility index (Phi) is 7.69. The molecule has 0 amide bonds. The van der Waals surface area contributed by atoms with Gasteiger partial charge in [-0.2, -0.15) is 11.8 Å². The van der Waals surface area contributed by atoms with Crippen molar-refractivity contribution in [2.24, 2.45) is 0 Å². The van der Waals surface area contributed by atoms with E-state index in [2.05, 4.69) is 20.5 Å². The fraction of sp³-hybridized carbons (Fsp3) is 0.286. The predicted octanol–water partition coefficient (Wildman–Crippen LogP) is 4.73. The summed E-state index contributed by atoms with van der Waals surface area (Å²) in [5.41, 5.74) is 0.824. The quantitative estimate of drug-likeness (QED) is 0.257. The van der Waals surface area contributed by atoms with Crippen LogP contribution in [0.1, 0.15) is 11.5 Å². The van der Waals surface area contributed by atoms with Crippen LogP contribution in [0.3, 0.4) is 0 Å². The Morgan fingerprint density at radius 3 is 2.60 bits per heavy atom. The summed E-state index contributed by atoms with van der Waals surface area (Å²) in [4.78, 5) is 17.3. The molecule has 8 nitrogen and oxygen atoms in total. The Balaban J connectivity index is 1.52. The number of thioether (sulfide) groups is 1. The van der Waals surface area contributed by atoms with Crippen molar-refractivity contribution < 1.29 is 9.34 Å². The van der Waals surface area contributed by atoms with Gasteiger partial charge in [-0.1, -0.05) is 18.2 Å². The number of nitrogens with zero attached hydrogens (tertiary/aromatic N) is 3. The number of aromatic nitrogens is 1. The smallest absolute Gasteiger partial charge is 0.311 e. The number of hydrogen-bond acceptors (Lipinski definition) is 8. The van der Waals surface area contributed by atoms with Crippen molar-refractivity contribution in [1.29, 1.82) is 0 Å². The highest BCUT2D eigenvalue weighted by Gasteiger charge is 2.16. The Bertz CT molecular complexity index is 962. The lowest BCUT2D eigenvalue weighted by Gasteiger charge is -2.10. The monoisotopic (exact) mass is 427 g/mol. The van der Waals surface area contributed by atoms with E-state index in [0.717, 1.165) is 35.3 Å². The van der Waals surface area contributed by atoms with Crippen molar-refractivity contribution in [3.8, 4) is 0 Å². The molecule has 3 aromatic rings. The van der Waals surface area contributed by atoms with Crippen LogP contribution in [0.2, 0.25) is 0 Å². The zero-order valence-corrected chi connectivity index (χ0v) is 17.8.